The number of aliphatic hydroxyl groups excluding tert-OH is 1. The Labute approximate surface area is 271 Å². The average Bonchev–Trinajstić information content (AvgIpc) is 3.65. The van der Waals surface area contributed by atoms with E-state index < -0.39 is 29.3 Å². The first-order chi connectivity index (χ1) is 22.7. The molecule has 1 aliphatic carbocycles. The third kappa shape index (κ3) is 5.00. The standard InChI is InChI=1S/C36H38F3N5O3/c1-2-29-30-22(11-13-36(29,39)46)5-3-6-26(30)27-9-10-28-32(31(27)38)40-34(47-21-35-12-4-14-43(35)18-23(37)17-35)41-33(28)42-19-24-7-8-25(20-42)44(24)15-16-45/h1,3,5-6,9-11,13,23-25,29,45-46H,4,7-8,12,14-21H2/t23-,24?,25?,29?,35+,36?/m1/s1. The lowest BCUT2D eigenvalue weighted by molar-refractivity contribution is -0.0510. The Balaban J connectivity index is 1.23. The topological polar surface area (TPSA) is 85.2 Å². The number of anilines is 1. The summed E-state index contributed by atoms with van der Waals surface area (Å²) in [5, 5.41) is 20.6. The maximum absolute atomic E-state index is 16.9. The van der Waals surface area contributed by atoms with Gasteiger partial charge in [-0.15, -0.1) is 6.42 Å². The second kappa shape index (κ2) is 11.5. The zero-order valence-electron chi connectivity index (χ0n) is 26.1. The second-order valence-electron chi connectivity index (χ2n) is 13.7. The molecule has 3 aromatic rings. The predicted octanol–water partition coefficient (Wildman–Crippen LogP) is 4.44. The molecule has 5 heterocycles. The smallest absolute Gasteiger partial charge is 0.319 e. The molecule has 8 rings (SSSR count). The normalized spacial score (nSPS) is 31.7. The number of terminal acetylenes is 1. The molecular weight excluding hydrogens is 607 g/mol. The van der Waals surface area contributed by atoms with Gasteiger partial charge in [-0.2, -0.15) is 9.97 Å². The van der Waals surface area contributed by atoms with Crippen molar-refractivity contribution >= 4 is 22.8 Å². The van der Waals surface area contributed by atoms with Crippen LogP contribution in [0, 0.1) is 18.2 Å². The summed E-state index contributed by atoms with van der Waals surface area (Å²) in [6, 6.07) is 9.06. The average molecular weight is 646 g/mol. The highest BCUT2D eigenvalue weighted by Gasteiger charge is 2.49. The van der Waals surface area contributed by atoms with Crippen molar-refractivity contribution < 1.29 is 28.1 Å². The van der Waals surface area contributed by atoms with Crippen LogP contribution in [0.1, 0.15) is 49.1 Å². The molecule has 5 aliphatic rings. The van der Waals surface area contributed by atoms with Gasteiger partial charge in [0, 0.05) is 55.6 Å². The van der Waals surface area contributed by atoms with E-state index in [1.165, 1.54) is 6.08 Å². The molecule has 2 aromatic carbocycles. The molecule has 8 nitrogen and oxygen atoms in total. The third-order valence-corrected chi connectivity index (χ3v) is 11.1. The molecule has 246 valence electrons. The lowest BCUT2D eigenvalue weighted by atomic mass is 9.79. The van der Waals surface area contributed by atoms with Crippen molar-refractivity contribution in [3.05, 3.63) is 53.4 Å². The second-order valence-corrected chi connectivity index (χ2v) is 13.7. The van der Waals surface area contributed by atoms with Gasteiger partial charge in [0.05, 0.1) is 12.1 Å². The first-order valence-electron chi connectivity index (χ1n) is 16.5. The molecule has 1 aromatic heterocycles. The van der Waals surface area contributed by atoms with Gasteiger partial charge in [0.2, 0.25) is 5.85 Å². The van der Waals surface area contributed by atoms with Gasteiger partial charge in [-0.05, 0) is 61.1 Å². The van der Waals surface area contributed by atoms with Gasteiger partial charge in [-0.1, -0.05) is 36.3 Å². The lowest BCUT2D eigenvalue weighted by Gasteiger charge is -2.41. The minimum Gasteiger partial charge on any atom is -0.461 e. The van der Waals surface area contributed by atoms with Crippen LogP contribution in [0.2, 0.25) is 0 Å². The zero-order valence-corrected chi connectivity index (χ0v) is 26.1. The van der Waals surface area contributed by atoms with E-state index in [0.717, 1.165) is 38.3 Å². The molecule has 2 bridgehead atoms. The fourth-order valence-electron chi connectivity index (χ4n) is 8.92. The first kappa shape index (κ1) is 30.6. The highest BCUT2D eigenvalue weighted by Crippen LogP contribution is 2.45. The van der Waals surface area contributed by atoms with Crippen molar-refractivity contribution in [1.82, 2.24) is 19.8 Å². The van der Waals surface area contributed by atoms with Crippen LogP contribution in [0.4, 0.5) is 19.0 Å². The van der Waals surface area contributed by atoms with Crippen molar-refractivity contribution in [3.8, 4) is 29.5 Å². The van der Waals surface area contributed by atoms with Crippen LogP contribution in [0.3, 0.4) is 0 Å². The Kier molecular flexibility index (Phi) is 7.48. The quantitative estimate of drug-likeness (QED) is 0.365. The minimum atomic E-state index is -2.79. The van der Waals surface area contributed by atoms with E-state index in [1.807, 2.05) is 0 Å². The maximum atomic E-state index is 16.9. The summed E-state index contributed by atoms with van der Waals surface area (Å²) in [5.74, 6) is -1.83. The van der Waals surface area contributed by atoms with Gasteiger partial charge < -0.3 is 19.8 Å². The number of alkyl halides is 2. The van der Waals surface area contributed by atoms with Crippen LogP contribution in [0.25, 0.3) is 28.1 Å². The van der Waals surface area contributed by atoms with Crippen molar-refractivity contribution in [2.75, 3.05) is 50.8 Å². The molecule has 0 saturated carbocycles. The van der Waals surface area contributed by atoms with Crippen LogP contribution >= 0.6 is 0 Å². The summed E-state index contributed by atoms with van der Waals surface area (Å²) >= 11 is 0. The first-order valence-corrected chi connectivity index (χ1v) is 16.5. The number of hydrogen-bond acceptors (Lipinski definition) is 8. The van der Waals surface area contributed by atoms with E-state index >= 15 is 8.78 Å². The Morgan fingerprint density at radius 2 is 1.89 bits per heavy atom. The van der Waals surface area contributed by atoms with Gasteiger partial charge in [-0.25, -0.2) is 13.2 Å². The lowest BCUT2D eigenvalue weighted by Crippen LogP contribution is -2.54. The van der Waals surface area contributed by atoms with E-state index in [1.54, 1.807) is 30.3 Å². The number of rotatable bonds is 7. The Bertz CT molecular complexity index is 1780. The van der Waals surface area contributed by atoms with E-state index in [-0.39, 0.29) is 42.4 Å². The summed E-state index contributed by atoms with van der Waals surface area (Å²) in [4.78, 5) is 16.1. The zero-order chi connectivity index (χ0) is 32.5. The van der Waals surface area contributed by atoms with Crippen molar-refractivity contribution in [3.63, 3.8) is 0 Å². The van der Waals surface area contributed by atoms with E-state index in [9.17, 15) is 14.6 Å². The molecule has 6 atom stereocenters. The molecule has 4 unspecified atom stereocenters. The fraction of sp³-hybridized carbons (Fsp3) is 0.500. The molecular formula is C36H38F3N5O3. The highest BCUT2D eigenvalue weighted by molar-refractivity contribution is 5.94. The van der Waals surface area contributed by atoms with Gasteiger partial charge >= 0.3 is 6.01 Å². The van der Waals surface area contributed by atoms with Crippen molar-refractivity contribution in [1.29, 1.82) is 0 Å². The van der Waals surface area contributed by atoms with E-state index in [2.05, 4.69) is 25.6 Å². The van der Waals surface area contributed by atoms with E-state index in [0.29, 0.717) is 60.5 Å². The summed E-state index contributed by atoms with van der Waals surface area (Å²) in [6.07, 6.45) is 11.4. The number of hydrogen-bond donors (Lipinski definition) is 2. The number of aliphatic hydroxyl groups is 2. The Morgan fingerprint density at radius 1 is 1.09 bits per heavy atom. The minimum absolute atomic E-state index is 0.0230. The maximum Gasteiger partial charge on any atom is 0.319 e. The predicted molar refractivity (Wildman–Crippen MR) is 173 cm³/mol. The van der Waals surface area contributed by atoms with Gasteiger partial charge in [0.1, 0.15) is 30.0 Å². The Hall–Kier alpha value is -3.69. The van der Waals surface area contributed by atoms with Crippen LogP contribution in [0.5, 0.6) is 6.01 Å². The number of ether oxygens (including phenoxy) is 1. The number of halogens is 3. The molecule has 47 heavy (non-hydrogen) atoms. The monoisotopic (exact) mass is 645 g/mol. The van der Waals surface area contributed by atoms with Crippen LogP contribution in [0.15, 0.2) is 36.4 Å². The van der Waals surface area contributed by atoms with Gasteiger partial charge in [0.15, 0.2) is 5.82 Å². The molecule has 0 spiro atoms. The number of nitrogens with zero attached hydrogens (tertiary/aromatic N) is 5. The summed E-state index contributed by atoms with van der Waals surface area (Å²) in [5.41, 5.74) is 1.08. The SMILES string of the molecule is C#CC1c2c(cccc2-c2ccc3c(N4CC5CCC(C4)N5CCO)nc(OC[C@@]45CCCN4C[C@H](F)C5)nc3c2F)C=CC1(O)F. The number of aromatic nitrogens is 2. The van der Waals surface area contributed by atoms with Gasteiger partial charge in [0.25, 0.3) is 0 Å². The number of piperazine rings is 1. The molecule has 11 heteroatoms. The molecule has 0 amide bonds. The molecule has 4 saturated heterocycles. The molecule has 4 fully saturated rings. The van der Waals surface area contributed by atoms with Gasteiger partial charge in [-0.3, -0.25) is 9.80 Å². The molecule has 0 radical (unpaired) electrons. The van der Waals surface area contributed by atoms with Crippen LogP contribution in [-0.4, -0.2) is 106 Å². The number of fused-ring (bicyclic) bond motifs is 5. The van der Waals surface area contributed by atoms with Crippen molar-refractivity contribution in [2.24, 2.45) is 0 Å². The molecule has 2 N–H and O–H groups in total. The highest BCUT2D eigenvalue weighted by atomic mass is 19.2. The largest absolute Gasteiger partial charge is 0.461 e. The summed E-state index contributed by atoms with van der Waals surface area (Å²) < 4.78 is 52.9. The Morgan fingerprint density at radius 3 is 2.66 bits per heavy atom. The summed E-state index contributed by atoms with van der Waals surface area (Å²) in [7, 11) is 0. The van der Waals surface area contributed by atoms with Crippen LogP contribution < -0.4 is 9.64 Å². The van der Waals surface area contributed by atoms with E-state index in [4.69, 9.17) is 16.1 Å². The molecule has 4 aliphatic heterocycles. The third-order valence-electron chi connectivity index (χ3n) is 11.1. The number of benzene rings is 2. The summed E-state index contributed by atoms with van der Waals surface area (Å²) in [6.45, 7) is 3.41. The van der Waals surface area contributed by atoms with Crippen LogP contribution in [-0.2, 0) is 0 Å². The fourth-order valence-corrected chi connectivity index (χ4v) is 8.92. The van der Waals surface area contributed by atoms with Crippen molar-refractivity contribution in [2.45, 2.75) is 67.7 Å².